The minimum atomic E-state index is -0.597. The van der Waals surface area contributed by atoms with Gasteiger partial charge in [0.25, 0.3) is 0 Å². The summed E-state index contributed by atoms with van der Waals surface area (Å²) in [6.07, 6.45) is 2.61. The van der Waals surface area contributed by atoms with Crippen LogP contribution in [0.5, 0.6) is 0 Å². The Bertz CT molecular complexity index is 990. The van der Waals surface area contributed by atoms with Gasteiger partial charge in [-0.2, -0.15) is 0 Å². The predicted molar refractivity (Wildman–Crippen MR) is 110 cm³/mol. The molecular weight excluding hydrogens is 338 g/mol. The van der Waals surface area contributed by atoms with E-state index in [9.17, 15) is 4.79 Å². The molecule has 0 bridgehead atoms. The predicted octanol–water partition coefficient (Wildman–Crippen LogP) is 5.23. The Morgan fingerprint density at radius 3 is 2.70 bits per heavy atom. The summed E-state index contributed by atoms with van der Waals surface area (Å²) >= 11 is 0. The second-order valence-electron chi connectivity index (χ2n) is 7.73. The molecule has 5 nitrogen and oxygen atoms in total. The van der Waals surface area contributed by atoms with Crippen molar-refractivity contribution in [3.63, 3.8) is 0 Å². The molecular formula is C22H27N3O2. The average Bonchev–Trinajstić information content (AvgIpc) is 2.98. The molecule has 5 heteroatoms. The number of nitrogens with one attached hydrogen (secondary N) is 1. The van der Waals surface area contributed by atoms with Gasteiger partial charge in [-0.25, -0.2) is 0 Å². The number of allylic oxidation sites excluding steroid dienone is 4. The molecule has 0 unspecified atom stereocenters. The molecule has 142 valence electrons. The molecule has 1 aromatic carbocycles. The van der Waals surface area contributed by atoms with Gasteiger partial charge in [-0.1, -0.05) is 16.8 Å². The molecule has 2 heterocycles. The highest BCUT2D eigenvalue weighted by atomic mass is 16.5. The van der Waals surface area contributed by atoms with Crippen LogP contribution in [0.1, 0.15) is 46.7 Å². The molecule has 1 atom stereocenters. The number of rotatable bonds is 5. The summed E-state index contributed by atoms with van der Waals surface area (Å²) in [6, 6.07) is 5.96. The first-order chi connectivity index (χ1) is 12.7. The van der Waals surface area contributed by atoms with Crippen molar-refractivity contribution in [2.75, 3.05) is 11.9 Å². The number of aromatic nitrogens is 1. The second kappa shape index (κ2) is 7.14. The first-order valence-corrected chi connectivity index (χ1v) is 9.28. The number of hydrogen-bond acceptors (Lipinski definition) is 5. The summed E-state index contributed by atoms with van der Waals surface area (Å²) < 4.78 is 5.33. The molecule has 1 N–H and O–H groups in total. The molecule has 1 aliphatic rings. The summed E-state index contributed by atoms with van der Waals surface area (Å²) in [5.41, 5.74) is 5.51. The lowest BCUT2D eigenvalue weighted by Crippen LogP contribution is -2.40. The lowest BCUT2D eigenvalue weighted by molar-refractivity contribution is -0.121. The third-order valence-corrected chi connectivity index (χ3v) is 5.31. The number of Topliss-reactive ketones (excluding diaryl/α,β-unsaturated/α-hetero) is 1. The number of fused-ring (bicyclic) bond motifs is 1. The summed E-state index contributed by atoms with van der Waals surface area (Å²) in [4.78, 5) is 17.9. The van der Waals surface area contributed by atoms with Crippen molar-refractivity contribution in [3.05, 3.63) is 46.8 Å². The number of aliphatic imine (C=N–C) groups is 1. The van der Waals surface area contributed by atoms with E-state index in [1.165, 1.54) is 0 Å². The topological polar surface area (TPSA) is 67.5 Å². The van der Waals surface area contributed by atoms with E-state index in [0.717, 1.165) is 44.9 Å². The summed E-state index contributed by atoms with van der Waals surface area (Å²) in [5.74, 6) is 0.150. The molecule has 0 amide bonds. The molecule has 0 saturated heterocycles. The number of carbonyl (C=O) groups is 1. The van der Waals surface area contributed by atoms with E-state index in [2.05, 4.69) is 15.5 Å². The first-order valence-electron chi connectivity index (χ1n) is 9.28. The van der Waals surface area contributed by atoms with Crippen molar-refractivity contribution in [1.29, 1.82) is 0 Å². The maximum Gasteiger partial charge on any atom is 0.176 e. The van der Waals surface area contributed by atoms with Crippen LogP contribution in [-0.4, -0.2) is 23.2 Å². The zero-order valence-corrected chi connectivity index (χ0v) is 16.9. The van der Waals surface area contributed by atoms with Crippen LogP contribution in [0.4, 0.5) is 5.69 Å². The van der Waals surface area contributed by atoms with E-state index < -0.39 is 5.41 Å². The van der Waals surface area contributed by atoms with Gasteiger partial charge in [-0.15, -0.1) is 0 Å². The zero-order chi connectivity index (χ0) is 19.8. The van der Waals surface area contributed by atoms with Gasteiger partial charge >= 0.3 is 0 Å². The van der Waals surface area contributed by atoms with Crippen LogP contribution in [-0.2, 0) is 4.79 Å². The number of aryl methyl sites for hydroxylation is 1. The van der Waals surface area contributed by atoms with Gasteiger partial charge in [-0.3, -0.25) is 9.79 Å². The standard InChI is InChI=1S/C22H27N3O2/c1-13(2)11-19-14(3)24-16(5)22(6,21(19)26)9-10-23-17-7-8-18-15(4)25-27-20(18)12-17/h7-8,11-12,23H,9-10H2,1-6H3/t22-/m1/s1. The van der Waals surface area contributed by atoms with Crippen molar-refractivity contribution >= 4 is 28.2 Å². The molecule has 0 spiro atoms. The van der Waals surface area contributed by atoms with Gasteiger partial charge in [0.15, 0.2) is 11.4 Å². The van der Waals surface area contributed by atoms with Crippen LogP contribution in [0.2, 0.25) is 0 Å². The lowest BCUT2D eigenvalue weighted by atomic mass is 9.73. The summed E-state index contributed by atoms with van der Waals surface area (Å²) in [7, 11) is 0. The monoisotopic (exact) mass is 365 g/mol. The van der Waals surface area contributed by atoms with Crippen molar-refractivity contribution in [3.8, 4) is 0 Å². The lowest BCUT2D eigenvalue weighted by Gasteiger charge is -2.32. The summed E-state index contributed by atoms with van der Waals surface area (Å²) in [6.45, 7) is 12.4. The fourth-order valence-corrected chi connectivity index (χ4v) is 3.44. The largest absolute Gasteiger partial charge is 0.385 e. The fraction of sp³-hybridized carbons (Fsp3) is 0.409. The minimum absolute atomic E-state index is 0.150. The maximum atomic E-state index is 13.2. The highest BCUT2D eigenvalue weighted by Gasteiger charge is 2.40. The normalized spacial score (nSPS) is 20.1. The zero-order valence-electron chi connectivity index (χ0n) is 16.9. The molecule has 0 fully saturated rings. The van der Waals surface area contributed by atoms with Crippen molar-refractivity contribution < 1.29 is 9.32 Å². The molecule has 3 rings (SSSR count). The summed E-state index contributed by atoms with van der Waals surface area (Å²) in [5, 5.41) is 8.41. The Labute approximate surface area is 160 Å². The first kappa shape index (κ1) is 19.1. The van der Waals surface area contributed by atoms with E-state index in [-0.39, 0.29) is 5.78 Å². The number of nitrogens with zero attached hydrogens (tertiary/aromatic N) is 2. The molecule has 2 aromatic rings. The van der Waals surface area contributed by atoms with Crippen LogP contribution in [0.3, 0.4) is 0 Å². The number of hydrogen-bond donors (Lipinski definition) is 1. The quantitative estimate of drug-likeness (QED) is 0.788. The Morgan fingerprint density at radius 1 is 1.26 bits per heavy atom. The van der Waals surface area contributed by atoms with E-state index in [0.29, 0.717) is 13.0 Å². The second-order valence-corrected chi connectivity index (χ2v) is 7.73. The van der Waals surface area contributed by atoms with Crippen LogP contribution in [0.15, 0.2) is 50.6 Å². The number of carbonyl (C=O) groups excluding carboxylic acids is 1. The van der Waals surface area contributed by atoms with E-state index in [1.54, 1.807) is 0 Å². The number of benzene rings is 1. The third kappa shape index (κ3) is 3.59. The van der Waals surface area contributed by atoms with Crippen LogP contribution in [0, 0.1) is 12.3 Å². The Hall–Kier alpha value is -2.69. The Morgan fingerprint density at radius 2 is 2.00 bits per heavy atom. The smallest absolute Gasteiger partial charge is 0.176 e. The molecule has 27 heavy (non-hydrogen) atoms. The van der Waals surface area contributed by atoms with Gasteiger partial charge < -0.3 is 9.84 Å². The van der Waals surface area contributed by atoms with E-state index >= 15 is 0 Å². The highest BCUT2D eigenvalue weighted by molar-refractivity contribution is 6.18. The highest BCUT2D eigenvalue weighted by Crippen LogP contribution is 2.35. The van der Waals surface area contributed by atoms with Gasteiger partial charge in [0.2, 0.25) is 0 Å². The van der Waals surface area contributed by atoms with Gasteiger partial charge in [-0.05, 0) is 60.1 Å². The molecule has 0 aliphatic carbocycles. The average molecular weight is 365 g/mol. The molecule has 1 aliphatic heterocycles. The van der Waals surface area contributed by atoms with Crippen molar-refractivity contribution in [1.82, 2.24) is 5.16 Å². The molecule has 0 saturated carbocycles. The maximum absolute atomic E-state index is 13.2. The minimum Gasteiger partial charge on any atom is -0.385 e. The van der Waals surface area contributed by atoms with Crippen LogP contribution in [0.25, 0.3) is 11.0 Å². The Balaban J connectivity index is 1.75. The third-order valence-electron chi connectivity index (χ3n) is 5.31. The van der Waals surface area contributed by atoms with Crippen molar-refractivity contribution in [2.45, 2.75) is 48.0 Å². The molecule has 0 radical (unpaired) electrons. The van der Waals surface area contributed by atoms with E-state index in [1.807, 2.05) is 65.8 Å². The van der Waals surface area contributed by atoms with Gasteiger partial charge in [0.05, 0.1) is 11.1 Å². The molecule has 1 aromatic heterocycles. The Kier molecular flexibility index (Phi) is 5.05. The SMILES string of the molecule is CC(C)=CC1=C(C)N=C(C)[C@@](C)(CCNc2ccc3c(C)noc3c2)C1=O. The van der Waals surface area contributed by atoms with Crippen LogP contribution < -0.4 is 5.32 Å². The fourth-order valence-electron chi connectivity index (χ4n) is 3.44. The number of anilines is 1. The van der Waals surface area contributed by atoms with Gasteiger partial charge in [0.1, 0.15) is 0 Å². The van der Waals surface area contributed by atoms with Crippen LogP contribution >= 0.6 is 0 Å². The van der Waals surface area contributed by atoms with Crippen molar-refractivity contribution in [2.24, 2.45) is 10.4 Å². The van der Waals surface area contributed by atoms with Gasteiger partial charge in [0, 0.05) is 40.7 Å². The number of ketones is 1. The van der Waals surface area contributed by atoms with E-state index in [4.69, 9.17) is 4.52 Å².